The second-order valence-corrected chi connectivity index (χ2v) is 3.58. The summed E-state index contributed by atoms with van der Waals surface area (Å²) < 4.78 is 0. The molecule has 1 amide bonds. The summed E-state index contributed by atoms with van der Waals surface area (Å²) in [6.45, 7) is 4.24. The van der Waals surface area contributed by atoms with Crippen LogP contribution in [-0.2, 0) is 9.59 Å². The lowest BCUT2D eigenvalue weighted by atomic mass is 10.1. The van der Waals surface area contributed by atoms with Crippen LogP contribution in [0.2, 0.25) is 0 Å². The summed E-state index contributed by atoms with van der Waals surface area (Å²) in [5.74, 6) is 0.298. The maximum Gasteiger partial charge on any atom is 0.216 e. The van der Waals surface area contributed by atoms with Gasteiger partial charge in [-0.1, -0.05) is 19.8 Å². The standard InChI is InChI=1S/C11H21NO2/c1-3-4-5-7-11(14)8-6-9-12-10(2)13/h3-9H2,1-2H3,(H,12,13). The van der Waals surface area contributed by atoms with Crippen molar-refractivity contribution in [3.05, 3.63) is 0 Å². The van der Waals surface area contributed by atoms with Gasteiger partial charge in [-0.2, -0.15) is 0 Å². The highest BCUT2D eigenvalue weighted by Gasteiger charge is 2.01. The van der Waals surface area contributed by atoms with Crippen LogP contribution in [0.3, 0.4) is 0 Å². The van der Waals surface area contributed by atoms with Crippen LogP contribution in [0.1, 0.15) is 52.4 Å². The number of Topliss-reactive ketones (excluding diaryl/α,β-unsaturated/α-hetero) is 1. The molecule has 0 aliphatic heterocycles. The molecule has 3 heteroatoms. The van der Waals surface area contributed by atoms with Crippen LogP contribution in [0.25, 0.3) is 0 Å². The van der Waals surface area contributed by atoms with Crippen molar-refractivity contribution in [2.24, 2.45) is 0 Å². The Balaban J connectivity index is 3.22. The first kappa shape index (κ1) is 13.1. The predicted octanol–water partition coefficient (Wildman–Crippen LogP) is 2.05. The van der Waals surface area contributed by atoms with Gasteiger partial charge >= 0.3 is 0 Å². The Hall–Kier alpha value is -0.860. The molecule has 0 aromatic rings. The Morgan fingerprint density at radius 3 is 2.29 bits per heavy atom. The fourth-order valence-electron chi connectivity index (χ4n) is 1.25. The van der Waals surface area contributed by atoms with Gasteiger partial charge in [-0.25, -0.2) is 0 Å². The minimum absolute atomic E-state index is 0.0246. The molecule has 3 nitrogen and oxygen atoms in total. The zero-order valence-corrected chi connectivity index (χ0v) is 9.27. The van der Waals surface area contributed by atoms with Gasteiger partial charge in [0.15, 0.2) is 0 Å². The lowest BCUT2D eigenvalue weighted by molar-refractivity contribution is -0.120. The van der Waals surface area contributed by atoms with E-state index in [2.05, 4.69) is 12.2 Å². The summed E-state index contributed by atoms with van der Waals surface area (Å²) in [4.78, 5) is 21.8. The Morgan fingerprint density at radius 2 is 1.71 bits per heavy atom. The van der Waals surface area contributed by atoms with Crippen LogP contribution in [0, 0.1) is 0 Å². The molecule has 0 unspecified atom stereocenters. The van der Waals surface area contributed by atoms with Gasteiger partial charge in [-0.3, -0.25) is 9.59 Å². The Labute approximate surface area is 86.3 Å². The maximum atomic E-state index is 11.2. The number of hydrogen-bond donors (Lipinski definition) is 1. The van der Waals surface area contributed by atoms with Crippen LogP contribution in [0.4, 0.5) is 0 Å². The zero-order valence-electron chi connectivity index (χ0n) is 9.27. The topological polar surface area (TPSA) is 46.2 Å². The van der Waals surface area contributed by atoms with E-state index in [0.717, 1.165) is 25.7 Å². The summed E-state index contributed by atoms with van der Waals surface area (Å²) in [7, 11) is 0. The molecule has 0 saturated carbocycles. The predicted molar refractivity (Wildman–Crippen MR) is 57.1 cm³/mol. The summed E-state index contributed by atoms with van der Waals surface area (Å²) in [5, 5.41) is 2.68. The summed E-state index contributed by atoms with van der Waals surface area (Å²) in [6, 6.07) is 0. The highest BCUT2D eigenvalue weighted by Crippen LogP contribution is 2.02. The van der Waals surface area contributed by atoms with E-state index in [-0.39, 0.29) is 5.91 Å². The lowest BCUT2D eigenvalue weighted by Crippen LogP contribution is -2.21. The molecule has 0 heterocycles. The number of hydrogen-bond acceptors (Lipinski definition) is 2. The van der Waals surface area contributed by atoms with Crippen LogP contribution < -0.4 is 5.32 Å². The largest absolute Gasteiger partial charge is 0.356 e. The lowest BCUT2D eigenvalue weighted by Gasteiger charge is -2.01. The smallest absolute Gasteiger partial charge is 0.216 e. The highest BCUT2D eigenvalue weighted by atomic mass is 16.1. The molecule has 0 rings (SSSR count). The zero-order chi connectivity index (χ0) is 10.8. The first-order valence-electron chi connectivity index (χ1n) is 5.43. The van der Waals surface area contributed by atoms with Crippen LogP contribution in [0.5, 0.6) is 0 Å². The van der Waals surface area contributed by atoms with Crippen LogP contribution in [0.15, 0.2) is 0 Å². The third kappa shape index (κ3) is 9.23. The summed E-state index contributed by atoms with van der Waals surface area (Å²) in [6.07, 6.45) is 5.37. The van der Waals surface area contributed by atoms with Gasteiger partial charge in [0.05, 0.1) is 0 Å². The Bertz CT molecular complexity index is 178. The fourth-order valence-corrected chi connectivity index (χ4v) is 1.25. The van der Waals surface area contributed by atoms with Crippen LogP contribution >= 0.6 is 0 Å². The number of amides is 1. The second kappa shape index (κ2) is 8.73. The quantitative estimate of drug-likeness (QED) is 0.608. The molecule has 0 saturated heterocycles. The van der Waals surface area contributed by atoms with Crippen molar-refractivity contribution in [3.63, 3.8) is 0 Å². The Morgan fingerprint density at radius 1 is 1.07 bits per heavy atom. The molecule has 0 aliphatic rings. The monoisotopic (exact) mass is 199 g/mol. The minimum Gasteiger partial charge on any atom is -0.356 e. The van der Waals surface area contributed by atoms with Crippen molar-refractivity contribution in [1.82, 2.24) is 5.32 Å². The van der Waals surface area contributed by atoms with E-state index in [9.17, 15) is 9.59 Å². The molecule has 0 spiro atoms. The molecule has 0 bridgehead atoms. The molecule has 0 aliphatic carbocycles. The van der Waals surface area contributed by atoms with Gasteiger partial charge in [-0.15, -0.1) is 0 Å². The van der Waals surface area contributed by atoms with E-state index >= 15 is 0 Å². The average Bonchev–Trinajstić information content (AvgIpc) is 2.13. The van der Waals surface area contributed by atoms with Crippen molar-refractivity contribution >= 4 is 11.7 Å². The van der Waals surface area contributed by atoms with E-state index in [1.165, 1.54) is 6.92 Å². The fraction of sp³-hybridized carbons (Fsp3) is 0.818. The van der Waals surface area contributed by atoms with E-state index < -0.39 is 0 Å². The number of carbonyl (C=O) groups is 2. The number of unbranched alkanes of at least 4 members (excludes halogenated alkanes) is 2. The van der Waals surface area contributed by atoms with E-state index in [0.29, 0.717) is 25.2 Å². The molecule has 14 heavy (non-hydrogen) atoms. The van der Waals surface area contributed by atoms with Crippen LogP contribution in [-0.4, -0.2) is 18.2 Å². The van der Waals surface area contributed by atoms with Gasteiger partial charge in [0, 0.05) is 26.3 Å². The molecule has 1 N–H and O–H groups in total. The van der Waals surface area contributed by atoms with Gasteiger partial charge < -0.3 is 5.32 Å². The highest BCUT2D eigenvalue weighted by molar-refractivity contribution is 5.78. The van der Waals surface area contributed by atoms with Gasteiger partial charge in [0.25, 0.3) is 0 Å². The van der Waals surface area contributed by atoms with E-state index in [4.69, 9.17) is 0 Å². The number of nitrogens with one attached hydrogen (secondary N) is 1. The van der Waals surface area contributed by atoms with Crippen molar-refractivity contribution in [2.45, 2.75) is 52.4 Å². The first-order valence-corrected chi connectivity index (χ1v) is 5.43. The van der Waals surface area contributed by atoms with E-state index in [1.54, 1.807) is 0 Å². The Kier molecular flexibility index (Phi) is 8.19. The molecule has 0 aromatic carbocycles. The molecule has 0 radical (unpaired) electrons. The van der Waals surface area contributed by atoms with Gasteiger partial charge in [-0.05, 0) is 12.8 Å². The average molecular weight is 199 g/mol. The number of ketones is 1. The van der Waals surface area contributed by atoms with E-state index in [1.807, 2.05) is 0 Å². The summed E-state index contributed by atoms with van der Waals surface area (Å²) in [5.41, 5.74) is 0. The molecular formula is C11H21NO2. The first-order chi connectivity index (χ1) is 6.66. The molecule has 0 fully saturated rings. The van der Waals surface area contributed by atoms with Gasteiger partial charge in [0.2, 0.25) is 5.91 Å². The number of carbonyl (C=O) groups excluding carboxylic acids is 2. The molecule has 0 atom stereocenters. The molecule has 0 aromatic heterocycles. The van der Waals surface area contributed by atoms with Crippen molar-refractivity contribution in [3.8, 4) is 0 Å². The van der Waals surface area contributed by atoms with Crippen molar-refractivity contribution in [1.29, 1.82) is 0 Å². The number of rotatable bonds is 8. The van der Waals surface area contributed by atoms with Gasteiger partial charge in [0.1, 0.15) is 5.78 Å². The second-order valence-electron chi connectivity index (χ2n) is 3.58. The van der Waals surface area contributed by atoms with Crippen molar-refractivity contribution < 1.29 is 9.59 Å². The molecular weight excluding hydrogens is 178 g/mol. The third-order valence-corrected chi connectivity index (χ3v) is 2.07. The summed E-state index contributed by atoms with van der Waals surface area (Å²) >= 11 is 0. The molecule has 82 valence electrons. The third-order valence-electron chi connectivity index (χ3n) is 2.07. The normalized spacial score (nSPS) is 9.86. The van der Waals surface area contributed by atoms with Crippen molar-refractivity contribution in [2.75, 3.05) is 6.54 Å². The minimum atomic E-state index is -0.0246. The SMILES string of the molecule is CCCCCC(=O)CCCNC(C)=O. The maximum absolute atomic E-state index is 11.2.